The van der Waals surface area contributed by atoms with Crippen LogP contribution in [0.4, 0.5) is 0 Å². The Morgan fingerprint density at radius 1 is 1.27 bits per heavy atom. The SMILES string of the molecule is CC(C)c1noc([C@@H]2CCCN2S(=O)(=O)c2ccc(-c3ccno3)s2)n1. The zero-order valence-corrected chi connectivity index (χ0v) is 16.0. The number of aromatic nitrogens is 3. The second kappa shape index (κ2) is 6.60. The summed E-state index contributed by atoms with van der Waals surface area (Å²) in [6.07, 6.45) is 2.95. The molecule has 0 unspecified atom stereocenters. The van der Waals surface area contributed by atoms with Gasteiger partial charge in [-0.05, 0) is 25.0 Å². The van der Waals surface area contributed by atoms with Crippen molar-refractivity contribution < 1.29 is 17.5 Å². The third kappa shape index (κ3) is 2.97. The van der Waals surface area contributed by atoms with Crippen LogP contribution in [0.15, 0.2) is 37.7 Å². The fourth-order valence-corrected chi connectivity index (χ4v) is 5.99. The molecule has 0 amide bonds. The molecule has 1 saturated heterocycles. The van der Waals surface area contributed by atoms with E-state index in [1.165, 1.54) is 10.5 Å². The third-order valence-electron chi connectivity index (χ3n) is 4.29. The normalized spacial score (nSPS) is 18.8. The molecule has 26 heavy (non-hydrogen) atoms. The quantitative estimate of drug-likeness (QED) is 0.653. The molecule has 0 saturated carbocycles. The van der Waals surface area contributed by atoms with Crippen LogP contribution in [-0.4, -0.2) is 34.6 Å². The molecule has 3 aromatic heterocycles. The largest absolute Gasteiger partial charge is 0.355 e. The smallest absolute Gasteiger partial charge is 0.253 e. The van der Waals surface area contributed by atoms with Gasteiger partial charge in [-0.3, -0.25) is 0 Å². The highest BCUT2D eigenvalue weighted by atomic mass is 32.2. The van der Waals surface area contributed by atoms with Crippen LogP contribution >= 0.6 is 11.3 Å². The molecule has 0 aliphatic carbocycles. The number of hydrogen-bond acceptors (Lipinski definition) is 8. The van der Waals surface area contributed by atoms with Crippen molar-refractivity contribution in [3.8, 4) is 10.6 Å². The molecule has 0 radical (unpaired) electrons. The van der Waals surface area contributed by atoms with E-state index in [1.807, 2.05) is 13.8 Å². The summed E-state index contributed by atoms with van der Waals surface area (Å²) >= 11 is 1.16. The van der Waals surface area contributed by atoms with Gasteiger partial charge in [0.15, 0.2) is 11.6 Å². The highest BCUT2D eigenvalue weighted by Crippen LogP contribution is 2.39. The molecule has 0 spiro atoms. The first-order valence-electron chi connectivity index (χ1n) is 8.33. The predicted molar refractivity (Wildman–Crippen MR) is 94.1 cm³/mol. The van der Waals surface area contributed by atoms with Gasteiger partial charge in [-0.1, -0.05) is 24.2 Å². The Bertz CT molecular complexity index is 991. The van der Waals surface area contributed by atoms with Crippen LogP contribution in [-0.2, 0) is 10.0 Å². The Balaban J connectivity index is 1.64. The lowest BCUT2D eigenvalue weighted by Crippen LogP contribution is -2.30. The van der Waals surface area contributed by atoms with Crippen LogP contribution in [0.2, 0.25) is 0 Å². The highest BCUT2D eigenvalue weighted by molar-refractivity contribution is 7.91. The van der Waals surface area contributed by atoms with Crippen molar-refractivity contribution in [2.75, 3.05) is 6.54 Å². The molecule has 4 rings (SSSR count). The van der Waals surface area contributed by atoms with Crippen LogP contribution < -0.4 is 0 Å². The second-order valence-electron chi connectivity index (χ2n) is 6.41. The summed E-state index contributed by atoms with van der Waals surface area (Å²) in [6, 6.07) is 4.61. The lowest BCUT2D eigenvalue weighted by Gasteiger charge is -2.20. The summed E-state index contributed by atoms with van der Waals surface area (Å²) < 4.78 is 38.5. The van der Waals surface area contributed by atoms with Crippen LogP contribution in [0.25, 0.3) is 10.6 Å². The highest BCUT2D eigenvalue weighted by Gasteiger charge is 2.40. The summed E-state index contributed by atoms with van der Waals surface area (Å²) in [5.41, 5.74) is 0. The van der Waals surface area contributed by atoms with Crippen molar-refractivity contribution in [1.29, 1.82) is 0 Å². The average molecular weight is 394 g/mol. The van der Waals surface area contributed by atoms with Gasteiger partial charge in [0.2, 0.25) is 5.89 Å². The van der Waals surface area contributed by atoms with E-state index in [4.69, 9.17) is 9.05 Å². The second-order valence-corrected chi connectivity index (χ2v) is 9.62. The molecule has 0 aromatic carbocycles. The fraction of sp³-hybridized carbons (Fsp3) is 0.438. The number of thiophene rings is 1. The van der Waals surface area contributed by atoms with Gasteiger partial charge in [0.05, 0.1) is 11.1 Å². The summed E-state index contributed by atoms with van der Waals surface area (Å²) in [7, 11) is -3.66. The maximum Gasteiger partial charge on any atom is 0.253 e. The van der Waals surface area contributed by atoms with E-state index in [-0.39, 0.29) is 10.1 Å². The predicted octanol–water partition coefficient (Wildman–Crippen LogP) is 3.44. The van der Waals surface area contributed by atoms with Gasteiger partial charge >= 0.3 is 0 Å². The number of sulfonamides is 1. The molecular formula is C16H18N4O4S2. The van der Waals surface area contributed by atoms with Crippen molar-refractivity contribution in [2.24, 2.45) is 0 Å². The van der Waals surface area contributed by atoms with Crippen molar-refractivity contribution in [1.82, 2.24) is 19.6 Å². The molecule has 1 aliphatic heterocycles. The van der Waals surface area contributed by atoms with E-state index < -0.39 is 16.1 Å². The molecule has 0 bridgehead atoms. The van der Waals surface area contributed by atoms with Gasteiger partial charge in [0.1, 0.15) is 10.3 Å². The van der Waals surface area contributed by atoms with Gasteiger partial charge in [0, 0.05) is 18.5 Å². The third-order valence-corrected chi connectivity index (χ3v) is 7.76. The van der Waals surface area contributed by atoms with Gasteiger partial charge < -0.3 is 9.05 Å². The van der Waals surface area contributed by atoms with E-state index >= 15 is 0 Å². The molecule has 1 atom stereocenters. The minimum Gasteiger partial charge on any atom is -0.355 e. The van der Waals surface area contributed by atoms with Crippen LogP contribution in [0.3, 0.4) is 0 Å². The lowest BCUT2D eigenvalue weighted by molar-refractivity contribution is 0.289. The van der Waals surface area contributed by atoms with E-state index in [0.717, 1.165) is 22.6 Å². The average Bonchev–Trinajstić information content (AvgIpc) is 3.42. The number of hydrogen-bond donors (Lipinski definition) is 0. The first kappa shape index (κ1) is 17.4. The van der Waals surface area contributed by atoms with Gasteiger partial charge in [0.25, 0.3) is 10.0 Å². The van der Waals surface area contributed by atoms with Crippen molar-refractivity contribution >= 4 is 21.4 Å². The van der Waals surface area contributed by atoms with E-state index in [2.05, 4.69) is 15.3 Å². The minimum absolute atomic E-state index is 0.126. The molecule has 1 aliphatic rings. The van der Waals surface area contributed by atoms with E-state index in [0.29, 0.717) is 30.4 Å². The molecule has 138 valence electrons. The zero-order valence-electron chi connectivity index (χ0n) is 14.3. The molecule has 3 aromatic rings. The van der Waals surface area contributed by atoms with Gasteiger partial charge in [-0.2, -0.15) is 9.29 Å². The van der Waals surface area contributed by atoms with E-state index in [9.17, 15) is 8.42 Å². The van der Waals surface area contributed by atoms with Gasteiger partial charge in [-0.15, -0.1) is 11.3 Å². The molecule has 1 fully saturated rings. The maximum absolute atomic E-state index is 13.1. The van der Waals surface area contributed by atoms with Crippen molar-refractivity contribution in [2.45, 2.75) is 42.9 Å². The first-order valence-corrected chi connectivity index (χ1v) is 10.6. The monoisotopic (exact) mass is 394 g/mol. The topological polar surface area (TPSA) is 102 Å². The molecule has 0 N–H and O–H groups in total. The number of rotatable bonds is 5. The lowest BCUT2D eigenvalue weighted by atomic mass is 10.2. The Kier molecular flexibility index (Phi) is 4.41. The summed E-state index contributed by atoms with van der Waals surface area (Å²) in [4.78, 5) is 5.11. The first-order chi connectivity index (χ1) is 12.5. The Morgan fingerprint density at radius 3 is 2.81 bits per heavy atom. The van der Waals surface area contributed by atoms with Crippen molar-refractivity contribution in [3.05, 3.63) is 36.1 Å². The maximum atomic E-state index is 13.1. The minimum atomic E-state index is -3.66. The standard InChI is InChI=1S/C16H18N4O4S2/c1-10(2)15-18-16(24-19-15)11-4-3-9-20(11)26(21,22)14-6-5-13(25-14)12-7-8-17-23-12/h5-8,10-11H,3-4,9H2,1-2H3/t11-/m0/s1. The fourth-order valence-electron chi connectivity index (χ4n) is 2.94. The summed E-state index contributed by atoms with van der Waals surface area (Å²) in [5, 5.41) is 7.62. The Hall–Kier alpha value is -2.04. The molecule has 10 heteroatoms. The summed E-state index contributed by atoms with van der Waals surface area (Å²) in [5.74, 6) is 1.63. The van der Waals surface area contributed by atoms with Crippen LogP contribution in [0.1, 0.15) is 50.4 Å². The van der Waals surface area contributed by atoms with Crippen molar-refractivity contribution in [3.63, 3.8) is 0 Å². The Labute approximate surface area is 154 Å². The van der Waals surface area contributed by atoms with E-state index in [1.54, 1.807) is 18.2 Å². The Morgan fingerprint density at radius 2 is 2.12 bits per heavy atom. The molecule has 8 nitrogen and oxygen atoms in total. The van der Waals surface area contributed by atoms with Gasteiger partial charge in [-0.25, -0.2) is 8.42 Å². The zero-order chi connectivity index (χ0) is 18.3. The van der Waals surface area contributed by atoms with Crippen LogP contribution in [0.5, 0.6) is 0 Å². The summed E-state index contributed by atoms with van der Waals surface area (Å²) in [6.45, 7) is 4.37. The van der Waals surface area contributed by atoms with Crippen LogP contribution in [0, 0.1) is 0 Å². The number of nitrogens with zero attached hydrogens (tertiary/aromatic N) is 4. The molecule has 4 heterocycles. The molecular weight excluding hydrogens is 376 g/mol.